The average molecular weight is 373 g/mol. The molecule has 2 aromatic carbocycles. The maximum atomic E-state index is 6.33. The Balaban J connectivity index is 1.51. The van der Waals surface area contributed by atoms with Crippen molar-refractivity contribution in [1.29, 1.82) is 0 Å². The highest BCUT2D eigenvalue weighted by Gasteiger charge is 2.11. The fourth-order valence-corrected chi connectivity index (χ4v) is 3.76. The number of benzene rings is 2. The van der Waals surface area contributed by atoms with Crippen LogP contribution in [0.4, 0.5) is 11.5 Å². The molecule has 0 atom stereocenters. The first-order valence-corrected chi connectivity index (χ1v) is 9.53. The fraction of sp³-hybridized carbons (Fsp3) is 0.0952. The second kappa shape index (κ2) is 8.05. The van der Waals surface area contributed by atoms with Crippen LogP contribution < -0.4 is 11.1 Å². The Morgan fingerprint density at radius 3 is 2.63 bits per heavy atom. The van der Waals surface area contributed by atoms with Gasteiger partial charge in [0.1, 0.15) is 17.0 Å². The lowest BCUT2D eigenvalue weighted by Gasteiger charge is -2.11. The number of para-hydroxylation sites is 1. The number of aromatic nitrogens is 3. The number of nitrogens with two attached hydrogens (primary N) is 1. The minimum atomic E-state index is 0.559. The fourth-order valence-electron chi connectivity index (χ4n) is 2.83. The number of fused-ring (bicyclic) bond motifs is 1. The highest BCUT2D eigenvalue weighted by molar-refractivity contribution is 7.99. The first-order chi connectivity index (χ1) is 13.3. The number of nitrogens with zero attached hydrogens (tertiary/aromatic N) is 3. The van der Waals surface area contributed by atoms with E-state index in [-0.39, 0.29) is 0 Å². The van der Waals surface area contributed by atoms with Crippen LogP contribution in [0.1, 0.15) is 5.56 Å². The molecule has 134 valence electrons. The topological polar surface area (TPSA) is 76.7 Å². The largest absolute Gasteiger partial charge is 0.394 e. The quantitative estimate of drug-likeness (QED) is 0.488. The molecule has 0 spiro atoms. The van der Waals surface area contributed by atoms with E-state index in [1.807, 2.05) is 48.5 Å². The molecule has 5 nitrogen and oxygen atoms in total. The van der Waals surface area contributed by atoms with Gasteiger partial charge in [0.15, 0.2) is 5.82 Å². The van der Waals surface area contributed by atoms with Crippen LogP contribution in [-0.4, -0.2) is 21.5 Å². The van der Waals surface area contributed by atoms with E-state index < -0.39 is 0 Å². The molecule has 2 aromatic heterocycles. The number of hydrogen-bond acceptors (Lipinski definition) is 6. The Hall–Kier alpha value is -3.12. The molecule has 4 aromatic rings. The van der Waals surface area contributed by atoms with Crippen molar-refractivity contribution in [2.45, 2.75) is 16.3 Å². The smallest absolute Gasteiger partial charge is 0.153 e. The summed E-state index contributed by atoms with van der Waals surface area (Å²) < 4.78 is 0. The van der Waals surface area contributed by atoms with Gasteiger partial charge in [-0.3, -0.25) is 4.98 Å². The molecule has 3 N–H and O–H groups in total. The number of nitrogens with one attached hydrogen (secondary N) is 1. The van der Waals surface area contributed by atoms with E-state index in [0.29, 0.717) is 11.5 Å². The summed E-state index contributed by atoms with van der Waals surface area (Å²) in [4.78, 5) is 14.2. The Bertz CT molecular complexity index is 1050. The first-order valence-electron chi connectivity index (χ1n) is 8.71. The van der Waals surface area contributed by atoms with Gasteiger partial charge in [-0.2, -0.15) is 0 Å². The molecule has 0 amide bonds. The monoisotopic (exact) mass is 373 g/mol. The Morgan fingerprint density at radius 2 is 1.74 bits per heavy atom. The molecule has 0 aliphatic carbocycles. The molecule has 0 fully saturated rings. The van der Waals surface area contributed by atoms with Crippen molar-refractivity contribution in [2.75, 3.05) is 17.6 Å². The van der Waals surface area contributed by atoms with Crippen LogP contribution in [0.15, 0.2) is 83.1 Å². The summed E-state index contributed by atoms with van der Waals surface area (Å²) in [5, 5.41) is 5.14. The lowest BCUT2D eigenvalue weighted by Crippen LogP contribution is -2.09. The molecule has 0 bridgehead atoms. The van der Waals surface area contributed by atoms with Gasteiger partial charge in [0.25, 0.3) is 0 Å². The van der Waals surface area contributed by atoms with E-state index in [2.05, 4.69) is 32.4 Å². The van der Waals surface area contributed by atoms with Gasteiger partial charge in [0.2, 0.25) is 0 Å². The van der Waals surface area contributed by atoms with Gasteiger partial charge in [-0.25, -0.2) is 9.97 Å². The zero-order chi connectivity index (χ0) is 18.5. The van der Waals surface area contributed by atoms with Crippen molar-refractivity contribution in [1.82, 2.24) is 15.0 Å². The number of anilines is 2. The van der Waals surface area contributed by atoms with E-state index in [0.717, 1.165) is 33.8 Å². The lowest BCUT2D eigenvalue weighted by molar-refractivity contribution is 0.984. The number of rotatable bonds is 6. The van der Waals surface area contributed by atoms with Gasteiger partial charge in [-0.05, 0) is 24.1 Å². The lowest BCUT2D eigenvalue weighted by atomic mass is 10.1. The highest BCUT2D eigenvalue weighted by Crippen LogP contribution is 2.35. The van der Waals surface area contributed by atoms with Gasteiger partial charge < -0.3 is 11.1 Å². The van der Waals surface area contributed by atoms with Crippen LogP contribution in [0.3, 0.4) is 0 Å². The van der Waals surface area contributed by atoms with Crippen molar-refractivity contribution < 1.29 is 0 Å². The van der Waals surface area contributed by atoms with Gasteiger partial charge in [0.05, 0.1) is 5.52 Å². The van der Waals surface area contributed by atoms with Gasteiger partial charge in [-0.15, -0.1) is 0 Å². The number of pyridine rings is 1. The van der Waals surface area contributed by atoms with E-state index in [4.69, 9.17) is 5.73 Å². The normalized spacial score (nSPS) is 10.8. The summed E-state index contributed by atoms with van der Waals surface area (Å²) in [6.45, 7) is 0.755. The maximum Gasteiger partial charge on any atom is 0.153 e. The number of nitrogen functional groups attached to an aromatic ring is 1. The molecule has 2 heterocycles. The number of hydrogen-bond donors (Lipinski definition) is 2. The summed E-state index contributed by atoms with van der Waals surface area (Å²) >= 11 is 1.51. The van der Waals surface area contributed by atoms with Crippen molar-refractivity contribution in [2.24, 2.45) is 0 Å². The van der Waals surface area contributed by atoms with Crippen molar-refractivity contribution in [3.8, 4) is 0 Å². The second-order valence-corrected chi connectivity index (χ2v) is 7.07. The van der Waals surface area contributed by atoms with E-state index in [1.54, 1.807) is 12.5 Å². The van der Waals surface area contributed by atoms with Crippen LogP contribution in [0.25, 0.3) is 10.9 Å². The maximum absolute atomic E-state index is 6.33. The Kier molecular flexibility index (Phi) is 5.16. The zero-order valence-electron chi connectivity index (χ0n) is 14.7. The predicted molar refractivity (Wildman–Crippen MR) is 111 cm³/mol. The zero-order valence-corrected chi connectivity index (χ0v) is 15.5. The van der Waals surface area contributed by atoms with Gasteiger partial charge in [-0.1, -0.05) is 60.3 Å². The summed E-state index contributed by atoms with van der Waals surface area (Å²) in [5.41, 5.74) is 9.10. The minimum absolute atomic E-state index is 0.559. The molecule has 0 saturated heterocycles. The molecule has 0 aliphatic heterocycles. The SMILES string of the molecule is Nc1c(NCCc2ccccc2)ncnc1Sc1cccc2cccnc12. The molecule has 6 heteroatoms. The minimum Gasteiger partial charge on any atom is -0.394 e. The predicted octanol–water partition coefficient (Wildman–Crippen LogP) is 4.41. The third kappa shape index (κ3) is 4.01. The summed E-state index contributed by atoms with van der Waals surface area (Å²) in [5.74, 6) is 0.664. The third-order valence-electron chi connectivity index (χ3n) is 4.20. The van der Waals surface area contributed by atoms with Crippen LogP contribution in [0.5, 0.6) is 0 Å². The van der Waals surface area contributed by atoms with Crippen molar-refractivity contribution in [3.63, 3.8) is 0 Å². The molecule has 4 rings (SSSR count). The second-order valence-electron chi connectivity index (χ2n) is 6.04. The molecule has 0 radical (unpaired) electrons. The molecule has 0 saturated carbocycles. The summed E-state index contributed by atoms with van der Waals surface area (Å²) in [7, 11) is 0. The molecular formula is C21H19N5S. The van der Waals surface area contributed by atoms with Crippen LogP contribution in [-0.2, 0) is 6.42 Å². The summed E-state index contributed by atoms with van der Waals surface area (Å²) in [6.07, 6.45) is 4.24. The molecular weight excluding hydrogens is 354 g/mol. The van der Waals surface area contributed by atoms with Crippen LogP contribution in [0, 0.1) is 0 Å². The van der Waals surface area contributed by atoms with E-state index in [1.165, 1.54) is 17.3 Å². The van der Waals surface area contributed by atoms with Crippen molar-refractivity contribution >= 4 is 34.2 Å². The molecule has 27 heavy (non-hydrogen) atoms. The van der Waals surface area contributed by atoms with E-state index in [9.17, 15) is 0 Å². The molecule has 0 unspecified atom stereocenters. The van der Waals surface area contributed by atoms with Crippen molar-refractivity contribution in [3.05, 3.63) is 78.8 Å². The van der Waals surface area contributed by atoms with Crippen LogP contribution in [0.2, 0.25) is 0 Å². The summed E-state index contributed by atoms with van der Waals surface area (Å²) in [6, 6.07) is 20.4. The Morgan fingerprint density at radius 1 is 0.889 bits per heavy atom. The average Bonchev–Trinajstić information content (AvgIpc) is 2.72. The first kappa shape index (κ1) is 17.3. The van der Waals surface area contributed by atoms with Gasteiger partial charge in [0, 0.05) is 23.0 Å². The molecule has 0 aliphatic rings. The third-order valence-corrected chi connectivity index (χ3v) is 5.27. The standard InChI is InChI=1S/C21H19N5S/c22-18-20(24-13-11-15-6-2-1-3-7-15)25-14-26-21(18)27-17-10-4-8-16-9-5-12-23-19(16)17/h1-10,12,14H,11,13,22H2,(H,24,25,26). The van der Waals surface area contributed by atoms with Crippen LogP contribution >= 0.6 is 11.8 Å². The van der Waals surface area contributed by atoms with E-state index >= 15 is 0 Å². The van der Waals surface area contributed by atoms with Gasteiger partial charge >= 0.3 is 0 Å². The Labute approximate surface area is 162 Å². The highest BCUT2D eigenvalue weighted by atomic mass is 32.2.